The lowest BCUT2D eigenvalue weighted by Gasteiger charge is -2.23. The van der Waals surface area contributed by atoms with Crippen molar-refractivity contribution in [2.24, 2.45) is 0 Å². The minimum Gasteiger partial charge on any atom is -0.493 e. The van der Waals surface area contributed by atoms with Gasteiger partial charge in [-0.05, 0) is 42.3 Å². The first-order valence-electron chi connectivity index (χ1n) is 11.8. The molecule has 36 heavy (non-hydrogen) atoms. The van der Waals surface area contributed by atoms with Crippen molar-refractivity contribution in [3.8, 4) is 11.5 Å². The van der Waals surface area contributed by atoms with Crippen LogP contribution in [0.15, 0.2) is 57.2 Å². The Labute approximate surface area is 217 Å². The molecule has 1 amide bonds. The Kier molecular flexibility index (Phi) is 6.98. The molecule has 4 aromatic rings. The molecular formula is C27H25ClN2O5S. The van der Waals surface area contributed by atoms with Crippen LogP contribution in [-0.4, -0.2) is 24.6 Å². The topological polar surface area (TPSA) is 81.9 Å². The zero-order chi connectivity index (χ0) is 25.2. The molecule has 0 saturated heterocycles. The van der Waals surface area contributed by atoms with Crippen molar-refractivity contribution in [3.63, 3.8) is 0 Å². The second kappa shape index (κ2) is 10.3. The van der Waals surface area contributed by atoms with Crippen molar-refractivity contribution >= 4 is 44.9 Å². The molecule has 3 heterocycles. The number of methoxy groups -OCH3 is 1. The molecule has 0 aliphatic carbocycles. The fourth-order valence-electron chi connectivity index (χ4n) is 4.48. The average Bonchev–Trinajstić information content (AvgIpc) is 3.51. The van der Waals surface area contributed by atoms with Crippen LogP contribution < -0.4 is 19.8 Å². The van der Waals surface area contributed by atoms with Gasteiger partial charge >= 0.3 is 0 Å². The number of aromatic nitrogens is 1. The number of benzene rings is 2. The van der Waals surface area contributed by atoms with Crippen molar-refractivity contribution in [2.45, 2.75) is 38.6 Å². The van der Waals surface area contributed by atoms with Crippen LogP contribution in [0.4, 0.5) is 5.13 Å². The van der Waals surface area contributed by atoms with Crippen LogP contribution in [0.5, 0.6) is 11.5 Å². The Bertz CT molecular complexity index is 1470. The Morgan fingerprint density at radius 3 is 2.72 bits per heavy atom. The van der Waals surface area contributed by atoms with Crippen molar-refractivity contribution in [1.29, 1.82) is 0 Å². The minimum absolute atomic E-state index is 0.00485. The molecule has 0 spiro atoms. The van der Waals surface area contributed by atoms with E-state index in [2.05, 4.69) is 11.9 Å². The Balaban J connectivity index is 1.60. The van der Waals surface area contributed by atoms with Gasteiger partial charge in [0.25, 0.3) is 5.91 Å². The predicted molar refractivity (Wildman–Crippen MR) is 141 cm³/mol. The average molecular weight is 525 g/mol. The number of rotatable bonds is 9. The van der Waals surface area contributed by atoms with Gasteiger partial charge in [0.2, 0.25) is 5.76 Å². The first-order chi connectivity index (χ1) is 17.5. The van der Waals surface area contributed by atoms with Crippen LogP contribution in [-0.2, 0) is 0 Å². The first kappa shape index (κ1) is 24.3. The van der Waals surface area contributed by atoms with Gasteiger partial charge in [0, 0.05) is 16.6 Å². The SMILES string of the molecule is CCCCCCOc1ccc(C2c3c(oc4ccc(Cl)cc4c3=O)C(=O)N2c2nccs2)cc1OC. The normalized spacial score (nSPS) is 14.9. The molecule has 2 aromatic carbocycles. The van der Waals surface area contributed by atoms with Crippen molar-refractivity contribution in [3.05, 3.63) is 80.1 Å². The van der Waals surface area contributed by atoms with E-state index in [4.69, 9.17) is 25.5 Å². The third-order valence-corrected chi connectivity index (χ3v) is 7.22. The number of fused-ring (bicyclic) bond motifs is 2. The molecule has 5 rings (SSSR count). The number of carbonyl (C=O) groups excluding carboxylic acids is 1. The number of thiazole rings is 1. The molecule has 2 aromatic heterocycles. The summed E-state index contributed by atoms with van der Waals surface area (Å²) in [5.41, 5.74) is 0.934. The summed E-state index contributed by atoms with van der Waals surface area (Å²) in [6.07, 6.45) is 6.01. The maximum Gasteiger partial charge on any atom is 0.297 e. The summed E-state index contributed by atoms with van der Waals surface area (Å²) >= 11 is 7.47. The van der Waals surface area contributed by atoms with E-state index < -0.39 is 11.9 Å². The number of hydrogen-bond donors (Lipinski definition) is 0. The number of amides is 1. The molecule has 1 aliphatic heterocycles. The number of unbranched alkanes of at least 4 members (excludes halogenated alkanes) is 3. The first-order valence-corrected chi connectivity index (χ1v) is 13.1. The maximum absolute atomic E-state index is 13.7. The zero-order valence-electron chi connectivity index (χ0n) is 20.0. The van der Waals surface area contributed by atoms with Gasteiger partial charge in [-0.25, -0.2) is 4.98 Å². The van der Waals surface area contributed by atoms with Gasteiger partial charge in [0.15, 0.2) is 22.1 Å². The Morgan fingerprint density at radius 1 is 1.11 bits per heavy atom. The summed E-state index contributed by atoms with van der Waals surface area (Å²) in [6, 6.07) is 9.51. The molecule has 0 fully saturated rings. The number of ether oxygens (including phenoxy) is 2. The molecule has 0 radical (unpaired) electrons. The van der Waals surface area contributed by atoms with Gasteiger partial charge in [0.05, 0.1) is 30.7 Å². The zero-order valence-corrected chi connectivity index (χ0v) is 21.5. The number of nitrogens with zero attached hydrogens (tertiary/aromatic N) is 2. The van der Waals surface area contributed by atoms with Crippen LogP contribution in [0.25, 0.3) is 11.0 Å². The summed E-state index contributed by atoms with van der Waals surface area (Å²) in [6.45, 7) is 2.75. The van der Waals surface area contributed by atoms with E-state index in [-0.39, 0.29) is 16.8 Å². The molecule has 186 valence electrons. The lowest BCUT2D eigenvalue weighted by Crippen LogP contribution is -2.29. The van der Waals surface area contributed by atoms with Crippen molar-refractivity contribution in [1.82, 2.24) is 4.98 Å². The maximum atomic E-state index is 13.7. The van der Waals surface area contributed by atoms with Crippen LogP contribution in [0.2, 0.25) is 5.02 Å². The third kappa shape index (κ3) is 4.35. The van der Waals surface area contributed by atoms with Gasteiger partial charge < -0.3 is 13.9 Å². The molecule has 9 heteroatoms. The second-order valence-electron chi connectivity index (χ2n) is 8.53. The number of carbonyl (C=O) groups is 1. The van der Waals surface area contributed by atoms with Gasteiger partial charge in [-0.1, -0.05) is 43.9 Å². The van der Waals surface area contributed by atoms with Crippen molar-refractivity contribution in [2.75, 3.05) is 18.6 Å². The van der Waals surface area contributed by atoms with Gasteiger partial charge in [-0.15, -0.1) is 11.3 Å². The van der Waals surface area contributed by atoms with Crippen LogP contribution in [0, 0.1) is 0 Å². The molecule has 1 aliphatic rings. The highest BCUT2D eigenvalue weighted by atomic mass is 35.5. The minimum atomic E-state index is -0.745. The van der Waals surface area contributed by atoms with E-state index in [1.807, 2.05) is 12.1 Å². The summed E-state index contributed by atoms with van der Waals surface area (Å²) < 4.78 is 17.6. The van der Waals surface area contributed by atoms with Gasteiger partial charge in [0.1, 0.15) is 5.58 Å². The molecule has 7 nitrogen and oxygen atoms in total. The smallest absolute Gasteiger partial charge is 0.297 e. The van der Waals surface area contributed by atoms with E-state index in [1.54, 1.807) is 43.0 Å². The van der Waals surface area contributed by atoms with E-state index in [1.165, 1.54) is 22.7 Å². The summed E-state index contributed by atoms with van der Waals surface area (Å²) in [5, 5.41) is 2.98. The summed E-state index contributed by atoms with van der Waals surface area (Å²) in [5.74, 6) is 0.718. The van der Waals surface area contributed by atoms with Gasteiger partial charge in [-0.3, -0.25) is 14.5 Å². The van der Waals surface area contributed by atoms with E-state index in [0.29, 0.717) is 44.8 Å². The quantitative estimate of drug-likeness (QED) is 0.229. The molecule has 0 saturated carbocycles. The second-order valence-corrected chi connectivity index (χ2v) is 9.84. The molecule has 0 bridgehead atoms. The number of hydrogen-bond acceptors (Lipinski definition) is 7. The largest absolute Gasteiger partial charge is 0.493 e. The lowest BCUT2D eigenvalue weighted by atomic mass is 9.98. The van der Waals surface area contributed by atoms with Crippen LogP contribution in [0.3, 0.4) is 0 Å². The number of halogens is 1. The fraction of sp³-hybridized carbons (Fsp3) is 0.296. The van der Waals surface area contributed by atoms with E-state index in [9.17, 15) is 9.59 Å². The summed E-state index contributed by atoms with van der Waals surface area (Å²) in [4.78, 5) is 33.1. The molecular weight excluding hydrogens is 500 g/mol. The van der Waals surface area contributed by atoms with Crippen LogP contribution >= 0.6 is 22.9 Å². The highest BCUT2D eigenvalue weighted by molar-refractivity contribution is 7.13. The van der Waals surface area contributed by atoms with Crippen LogP contribution in [0.1, 0.15) is 60.3 Å². The monoisotopic (exact) mass is 524 g/mol. The third-order valence-electron chi connectivity index (χ3n) is 6.22. The highest BCUT2D eigenvalue weighted by Crippen LogP contribution is 2.43. The fourth-order valence-corrected chi connectivity index (χ4v) is 5.32. The predicted octanol–water partition coefficient (Wildman–Crippen LogP) is 6.62. The van der Waals surface area contributed by atoms with E-state index in [0.717, 1.165) is 19.3 Å². The van der Waals surface area contributed by atoms with Crippen molar-refractivity contribution < 1.29 is 18.7 Å². The van der Waals surface area contributed by atoms with E-state index >= 15 is 0 Å². The molecule has 1 atom stereocenters. The standard InChI is InChI=1S/C27H25ClN2O5S/c1-3-4-5-6-12-34-20-9-7-16(14-21(20)33-2)23-22-24(31)18-15-17(28)8-10-19(18)35-25(22)26(32)30(23)27-29-11-13-36-27/h7-11,13-15,23H,3-6,12H2,1-2H3. The molecule has 0 N–H and O–H groups in total. The Hall–Kier alpha value is -3.36. The lowest BCUT2D eigenvalue weighted by molar-refractivity contribution is 0.0971. The van der Waals surface area contributed by atoms with Gasteiger partial charge in [-0.2, -0.15) is 0 Å². The molecule has 1 unspecified atom stereocenters. The Morgan fingerprint density at radius 2 is 1.97 bits per heavy atom. The highest BCUT2D eigenvalue weighted by Gasteiger charge is 2.45. The summed E-state index contributed by atoms with van der Waals surface area (Å²) in [7, 11) is 1.57. The number of anilines is 1.